The molecule has 2 N–H and O–H groups in total. The first kappa shape index (κ1) is 23.4. The fraction of sp³-hybridized carbons (Fsp3) is 0.429. The van der Waals surface area contributed by atoms with Gasteiger partial charge in [0.15, 0.2) is 0 Å². The van der Waals surface area contributed by atoms with E-state index in [2.05, 4.69) is 10.3 Å². The third-order valence-corrected chi connectivity index (χ3v) is 6.40. The van der Waals surface area contributed by atoms with Crippen LogP contribution in [0.2, 0.25) is 0 Å². The van der Waals surface area contributed by atoms with E-state index in [0.717, 1.165) is 5.56 Å². The van der Waals surface area contributed by atoms with Gasteiger partial charge in [-0.1, -0.05) is 37.0 Å². The van der Waals surface area contributed by atoms with E-state index in [1.165, 1.54) is 21.1 Å². The number of hydrogen-bond acceptors (Lipinski definition) is 8. The summed E-state index contributed by atoms with van der Waals surface area (Å²) in [4.78, 5) is 32.8. The lowest BCUT2D eigenvalue weighted by molar-refractivity contribution is -0.122. The fourth-order valence-corrected chi connectivity index (χ4v) is 4.50. The third kappa shape index (κ3) is 4.98. The van der Waals surface area contributed by atoms with Crippen LogP contribution in [0.5, 0.6) is 0 Å². The molecule has 0 aromatic carbocycles. The van der Waals surface area contributed by atoms with Crippen LogP contribution in [0, 0.1) is 6.92 Å². The fourth-order valence-electron chi connectivity index (χ4n) is 3.21. The zero-order valence-corrected chi connectivity index (χ0v) is 19.4. The highest BCUT2D eigenvalue weighted by Gasteiger charge is 2.32. The van der Waals surface area contributed by atoms with E-state index in [9.17, 15) is 14.7 Å². The molecule has 1 amide bonds. The van der Waals surface area contributed by atoms with Gasteiger partial charge in [-0.05, 0) is 37.5 Å². The average molecular weight is 463 g/mol. The number of nitrogens with zero attached hydrogens (tertiary/aromatic N) is 3. The smallest absolute Gasteiger partial charge is 0.267 e. The van der Waals surface area contributed by atoms with Gasteiger partial charge in [-0.25, -0.2) is 4.98 Å². The Hall–Kier alpha value is -2.27. The van der Waals surface area contributed by atoms with Crippen LogP contribution < -0.4 is 10.9 Å². The lowest BCUT2D eigenvalue weighted by atomic mass is 10.2. The first-order chi connectivity index (χ1) is 14.9. The lowest BCUT2D eigenvalue weighted by Crippen LogP contribution is -2.30. The number of thiocarbonyl (C=S) groups is 1. The Kier molecular flexibility index (Phi) is 7.82. The summed E-state index contributed by atoms with van der Waals surface area (Å²) in [5, 5.41) is 12.8. The standard InChI is InChI=1S/C21H26N4O4S2/c1-4-14(12-26)22-17-15(19(27)24-8-5-7-13(2)18(24)23-17)11-16-20(28)25(21(30)31-16)9-6-10-29-3/h5,7-8,11,14,22,26H,4,6,9-10,12H2,1-3H3/b16-11-. The van der Waals surface area contributed by atoms with Crippen LogP contribution in [-0.2, 0) is 9.53 Å². The van der Waals surface area contributed by atoms with E-state index in [1.807, 2.05) is 19.9 Å². The summed E-state index contributed by atoms with van der Waals surface area (Å²) in [5.74, 6) is 0.102. The van der Waals surface area contributed by atoms with Crippen LogP contribution in [0.3, 0.4) is 0 Å². The van der Waals surface area contributed by atoms with Crippen molar-refractivity contribution < 1.29 is 14.6 Å². The highest BCUT2D eigenvalue weighted by Crippen LogP contribution is 2.33. The Labute approximate surface area is 190 Å². The number of anilines is 1. The van der Waals surface area contributed by atoms with Crippen molar-refractivity contribution in [1.82, 2.24) is 14.3 Å². The van der Waals surface area contributed by atoms with Crippen LogP contribution in [0.4, 0.5) is 5.82 Å². The Bertz CT molecular complexity index is 1080. The van der Waals surface area contributed by atoms with Crippen molar-refractivity contribution in [2.45, 2.75) is 32.7 Å². The lowest BCUT2D eigenvalue weighted by Gasteiger charge is -2.17. The Balaban J connectivity index is 2.08. The van der Waals surface area contributed by atoms with Gasteiger partial charge in [0.25, 0.3) is 11.5 Å². The van der Waals surface area contributed by atoms with Gasteiger partial charge in [-0.2, -0.15) is 0 Å². The first-order valence-corrected chi connectivity index (χ1v) is 11.3. The molecule has 1 aliphatic heterocycles. The minimum absolute atomic E-state index is 0.105. The zero-order chi connectivity index (χ0) is 22.5. The third-order valence-electron chi connectivity index (χ3n) is 5.02. The maximum Gasteiger partial charge on any atom is 0.267 e. The first-order valence-electron chi connectivity index (χ1n) is 10.0. The molecule has 0 aliphatic carbocycles. The maximum absolute atomic E-state index is 13.3. The molecule has 10 heteroatoms. The van der Waals surface area contributed by atoms with Crippen LogP contribution in [-0.4, -0.2) is 62.5 Å². The number of carbonyl (C=O) groups excluding carboxylic acids is 1. The zero-order valence-electron chi connectivity index (χ0n) is 17.8. The van der Waals surface area contributed by atoms with Crippen molar-refractivity contribution in [3.8, 4) is 0 Å². The van der Waals surface area contributed by atoms with E-state index in [1.54, 1.807) is 25.4 Å². The molecule has 0 saturated carbocycles. The van der Waals surface area contributed by atoms with Crippen molar-refractivity contribution >= 4 is 51.7 Å². The van der Waals surface area contributed by atoms with Gasteiger partial charge in [-0.3, -0.25) is 18.9 Å². The highest BCUT2D eigenvalue weighted by molar-refractivity contribution is 8.26. The van der Waals surface area contributed by atoms with Gasteiger partial charge in [0.1, 0.15) is 15.8 Å². The molecule has 0 bridgehead atoms. The molecule has 1 fully saturated rings. The predicted molar refractivity (Wildman–Crippen MR) is 127 cm³/mol. The number of rotatable bonds is 9. The Morgan fingerprint density at radius 1 is 1.42 bits per heavy atom. The minimum Gasteiger partial charge on any atom is -0.394 e. The van der Waals surface area contributed by atoms with Gasteiger partial charge in [0, 0.05) is 26.5 Å². The average Bonchev–Trinajstić information content (AvgIpc) is 3.02. The number of aliphatic hydroxyl groups excluding tert-OH is 1. The Morgan fingerprint density at radius 2 is 2.19 bits per heavy atom. The number of methoxy groups -OCH3 is 1. The monoisotopic (exact) mass is 462 g/mol. The quantitative estimate of drug-likeness (QED) is 0.333. The molecule has 1 atom stereocenters. The normalized spacial score (nSPS) is 16.5. The molecule has 1 saturated heterocycles. The summed E-state index contributed by atoms with van der Waals surface area (Å²) in [6.45, 7) is 4.68. The summed E-state index contributed by atoms with van der Waals surface area (Å²) in [5.41, 5.74) is 1.32. The second kappa shape index (κ2) is 10.4. The molecule has 3 rings (SSSR count). The highest BCUT2D eigenvalue weighted by atomic mass is 32.2. The second-order valence-corrected chi connectivity index (χ2v) is 8.85. The van der Waals surface area contributed by atoms with Crippen molar-refractivity contribution in [1.29, 1.82) is 0 Å². The number of pyridine rings is 1. The van der Waals surface area contributed by atoms with E-state index in [-0.39, 0.29) is 29.7 Å². The number of aromatic nitrogens is 2. The van der Waals surface area contributed by atoms with E-state index in [0.29, 0.717) is 46.7 Å². The summed E-state index contributed by atoms with van der Waals surface area (Å²) in [6.07, 6.45) is 4.51. The summed E-state index contributed by atoms with van der Waals surface area (Å²) in [6, 6.07) is 3.38. The van der Waals surface area contributed by atoms with Gasteiger partial charge in [0.05, 0.1) is 23.1 Å². The SMILES string of the molecule is CCC(CO)Nc1nc2c(C)cccn2c(=O)c1/C=C1\SC(=S)N(CCCOC)C1=O. The number of hydrogen-bond donors (Lipinski definition) is 2. The summed E-state index contributed by atoms with van der Waals surface area (Å²) in [7, 11) is 1.61. The predicted octanol–water partition coefficient (Wildman–Crippen LogP) is 2.42. The van der Waals surface area contributed by atoms with Gasteiger partial charge >= 0.3 is 0 Å². The molecule has 31 heavy (non-hydrogen) atoms. The van der Waals surface area contributed by atoms with Crippen LogP contribution >= 0.6 is 24.0 Å². The van der Waals surface area contributed by atoms with Crippen molar-refractivity contribution in [3.05, 3.63) is 44.7 Å². The van der Waals surface area contributed by atoms with Gasteiger partial charge < -0.3 is 15.2 Å². The molecular formula is C21H26N4O4S2. The number of thioether (sulfide) groups is 1. The molecule has 0 radical (unpaired) electrons. The molecular weight excluding hydrogens is 436 g/mol. The molecule has 2 aromatic rings. The largest absolute Gasteiger partial charge is 0.394 e. The minimum atomic E-state index is -0.298. The number of fused-ring (bicyclic) bond motifs is 1. The van der Waals surface area contributed by atoms with Crippen molar-refractivity contribution in [3.63, 3.8) is 0 Å². The number of amides is 1. The second-order valence-electron chi connectivity index (χ2n) is 7.18. The number of aryl methyl sites for hydroxylation is 1. The Morgan fingerprint density at radius 3 is 2.87 bits per heavy atom. The molecule has 1 aliphatic rings. The number of carbonyl (C=O) groups is 1. The molecule has 8 nitrogen and oxygen atoms in total. The maximum atomic E-state index is 13.3. The number of nitrogens with one attached hydrogen (secondary N) is 1. The van der Waals surface area contributed by atoms with E-state index < -0.39 is 0 Å². The van der Waals surface area contributed by atoms with Crippen LogP contribution in [0.1, 0.15) is 30.9 Å². The number of ether oxygens (including phenoxy) is 1. The number of aliphatic hydroxyl groups is 1. The molecule has 1 unspecified atom stereocenters. The van der Waals surface area contributed by atoms with Crippen LogP contribution in [0.25, 0.3) is 11.7 Å². The molecule has 0 spiro atoms. The van der Waals surface area contributed by atoms with Crippen molar-refractivity contribution in [2.24, 2.45) is 0 Å². The van der Waals surface area contributed by atoms with E-state index in [4.69, 9.17) is 17.0 Å². The molecule has 2 aromatic heterocycles. The van der Waals surface area contributed by atoms with Crippen LogP contribution in [0.15, 0.2) is 28.0 Å². The van der Waals surface area contributed by atoms with Gasteiger partial charge in [0.2, 0.25) is 0 Å². The molecule has 166 valence electrons. The van der Waals surface area contributed by atoms with E-state index >= 15 is 0 Å². The van der Waals surface area contributed by atoms with Crippen molar-refractivity contribution in [2.75, 3.05) is 32.2 Å². The summed E-state index contributed by atoms with van der Waals surface area (Å²) < 4.78 is 6.97. The van der Waals surface area contributed by atoms with Gasteiger partial charge in [-0.15, -0.1) is 0 Å². The molecule has 3 heterocycles. The topological polar surface area (TPSA) is 96.2 Å². The summed E-state index contributed by atoms with van der Waals surface area (Å²) >= 11 is 6.53.